The van der Waals surface area contributed by atoms with Gasteiger partial charge in [0.15, 0.2) is 11.5 Å². The van der Waals surface area contributed by atoms with E-state index in [9.17, 15) is 9.18 Å². The van der Waals surface area contributed by atoms with E-state index in [2.05, 4.69) is 34.3 Å². The maximum Gasteiger partial charge on any atom is 0.278 e. The SMILES string of the molecule is CC(=O)C1CC(n2nc(-c3nc(C4(c5ccccc5C)CC4)no3)cc2CF)C1. The minimum Gasteiger partial charge on any atom is -0.332 e. The Morgan fingerprint density at radius 2 is 2.07 bits per heavy atom. The van der Waals surface area contributed by atoms with Crippen molar-refractivity contribution in [3.05, 3.63) is 53.0 Å². The summed E-state index contributed by atoms with van der Waals surface area (Å²) in [6.45, 7) is 3.08. The fourth-order valence-corrected chi connectivity index (χ4v) is 4.44. The molecule has 1 aromatic carbocycles. The number of halogens is 1. The van der Waals surface area contributed by atoms with Gasteiger partial charge < -0.3 is 4.52 Å². The maximum atomic E-state index is 13.6. The lowest BCUT2D eigenvalue weighted by molar-refractivity contribution is -0.124. The van der Waals surface area contributed by atoms with E-state index in [0.29, 0.717) is 35.9 Å². The zero-order valence-corrected chi connectivity index (χ0v) is 16.6. The highest BCUT2D eigenvalue weighted by molar-refractivity contribution is 5.79. The van der Waals surface area contributed by atoms with Crippen LogP contribution in [0.4, 0.5) is 4.39 Å². The Balaban J connectivity index is 1.43. The van der Waals surface area contributed by atoms with Crippen LogP contribution in [0, 0.1) is 12.8 Å². The molecule has 6 nitrogen and oxygen atoms in total. The third-order valence-corrected chi connectivity index (χ3v) is 6.47. The molecule has 29 heavy (non-hydrogen) atoms. The third-order valence-electron chi connectivity index (χ3n) is 6.47. The molecule has 150 valence electrons. The summed E-state index contributed by atoms with van der Waals surface area (Å²) in [7, 11) is 0. The van der Waals surface area contributed by atoms with Crippen molar-refractivity contribution in [3.8, 4) is 11.6 Å². The molecule has 0 atom stereocenters. The third kappa shape index (κ3) is 2.91. The summed E-state index contributed by atoms with van der Waals surface area (Å²) in [5, 5.41) is 8.79. The van der Waals surface area contributed by atoms with Crippen LogP contribution in [0.2, 0.25) is 0 Å². The molecule has 5 rings (SSSR count). The van der Waals surface area contributed by atoms with E-state index < -0.39 is 6.67 Å². The Morgan fingerprint density at radius 3 is 2.72 bits per heavy atom. The van der Waals surface area contributed by atoms with Gasteiger partial charge in [0.2, 0.25) is 0 Å². The van der Waals surface area contributed by atoms with Gasteiger partial charge in [0.1, 0.15) is 12.5 Å². The van der Waals surface area contributed by atoms with Gasteiger partial charge in [-0.2, -0.15) is 10.1 Å². The summed E-state index contributed by atoms with van der Waals surface area (Å²) in [4.78, 5) is 16.1. The summed E-state index contributed by atoms with van der Waals surface area (Å²) in [6.07, 6.45) is 3.37. The summed E-state index contributed by atoms with van der Waals surface area (Å²) >= 11 is 0. The molecule has 2 aromatic heterocycles. The van der Waals surface area contributed by atoms with Gasteiger partial charge in [-0.1, -0.05) is 29.4 Å². The zero-order chi connectivity index (χ0) is 20.2. The second-order valence-corrected chi connectivity index (χ2v) is 8.35. The maximum absolute atomic E-state index is 13.6. The fraction of sp³-hybridized carbons (Fsp3) is 0.455. The lowest BCUT2D eigenvalue weighted by Gasteiger charge is -2.34. The molecule has 0 amide bonds. The van der Waals surface area contributed by atoms with Crippen molar-refractivity contribution in [1.29, 1.82) is 0 Å². The lowest BCUT2D eigenvalue weighted by Crippen LogP contribution is -2.32. The highest BCUT2D eigenvalue weighted by Crippen LogP contribution is 2.53. The van der Waals surface area contributed by atoms with Crippen molar-refractivity contribution in [2.75, 3.05) is 0 Å². The Morgan fingerprint density at radius 1 is 1.31 bits per heavy atom. The Bertz CT molecular complexity index is 1080. The van der Waals surface area contributed by atoms with E-state index in [1.54, 1.807) is 17.7 Å². The molecule has 2 aliphatic carbocycles. The number of rotatable bonds is 6. The monoisotopic (exact) mass is 394 g/mol. The number of nitrogens with zero attached hydrogens (tertiary/aromatic N) is 4. The van der Waals surface area contributed by atoms with Gasteiger partial charge in [0, 0.05) is 5.92 Å². The molecular weight excluding hydrogens is 371 g/mol. The fourth-order valence-electron chi connectivity index (χ4n) is 4.44. The minimum absolute atomic E-state index is 0.0486. The largest absolute Gasteiger partial charge is 0.332 e. The zero-order valence-electron chi connectivity index (χ0n) is 16.6. The van der Waals surface area contributed by atoms with Crippen LogP contribution in [-0.2, 0) is 16.9 Å². The molecule has 2 fully saturated rings. The second kappa shape index (κ2) is 6.61. The van der Waals surface area contributed by atoms with Crippen molar-refractivity contribution in [3.63, 3.8) is 0 Å². The number of hydrogen-bond acceptors (Lipinski definition) is 5. The van der Waals surface area contributed by atoms with E-state index in [0.717, 1.165) is 12.8 Å². The van der Waals surface area contributed by atoms with Gasteiger partial charge >= 0.3 is 0 Å². The predicted octanol–water partition coefficient (Wildman–Crippen LogP) is 4.33. The van der Waals surface area contributed by atoms with Crippen LogP contribution >= 0.6 is 0 Å². The van der Waals surface area contributed by atoms with E-state index in [4.69, 9.17) is 4.52 Å². The van der Waals surface area contributed by atoms with Crippen LogP contribution in [0.25, 0.3) is 11.6 Å². The average Bonchev–Trinajstić information content (AvgIpc) is 3.12. The summed E-state index contributed by atoms with van der Waals surface area (Å²) in [5.41, 5.74) is 3.22. The van der Waals surface area contributed by atoms with Crippen LogP contribution in [0.1, 0.15) is 61.3 Å². The Hall–Kier alpha value is -2.83. The predicted molar refractivity (Wildman–Crippen MR) is 104 cm³/mol. The number of carbonyl (C=O) groups is 1. The van der Waals surface area contributed by atoms with E-state index in [1.165, 1.54) is 11.1 Å². The van der Waals surface area contributed by atoms with Crippen LogP contribution in [-0.4, -0.2) is 25.7 Å². The number of aryl methyl sites for hydroxylation is 1. The van der Waals surface area contributed by atoms with E-state index in [1.807, 2.05) is 12.1 Å². The second-order valence-electron chi connectivity index (χ2n) is 8.35. The number of ketones is 1. The molecule has 2 aliphatic rings. The van der Waals surface area contributed by atoms with Crippen molar-refractivity contribution in [2.45, 2.75) is 57.7 Å². The number of hydrogen-bond donors (Lipinski definition) is 0. The molecular formula is C22H23FN4O2. The van der Waals surface area contributed by atoms with E-state index in [-0.39, 0.29) is 23.2 Å². The molecule has 2 saturated carbocycles. The summed E-state index contributed by atoms with van der Waals surface area (Å²) in [6, 6.07) is 10.00. The summed E-state index contributed by atoms with van der Waals surface area (Å²) < 4.78 is 20.8. The van der Waals surface area contributed by atoms with Gasteiger partial charge in [0.25, 0.3) is 5.89 Å². The quantitative estimate of drug-likeness (QED) is 0.622. The number of alkyl halides is 1. The molecule has 0 bridgehead atoms. The van der Waals surface area contributed by atoms with Gasteiger partial charge in [-0.15, -0.1) is 0 Å². The highest BCUT2D eigenvalue weighted by Gasteiger charge is 2.50. The number of carbonyl (C=O) groups excluding carboxylic acids is 1. The molecule has 3 aromatic rings. The normalized spacial score (nSPS) is 22.3. The molecule has 0 aliphatic heterocycles. The van der Waals surface area contributed by atoms with Crippen molar-refractivity contribution >= 4 is 5.78 Å². The molecule has 2 heterocycles. The highest BCUT2D eigenvalue weighted by atomic mass is 19.1. The van der Waals surface area contributed by atoms with Gasteiger partial charge in [-0.3, -0.25) is 9.48 Å². The van der Waals surface area contributed by atoms with Gasteiger partial charge in [0.05, 0.1) is 17.2 Å². The number of Topliss-reactive ketones (excluding diaryl/α,β-unsaturated/α-hetero) is 1. The molecule has 0 saturated heterocycles. The van der Waals surface area contributed by atoms with Crippen LogP contribution in [0.5, 0.6) is 0 Å². The first-order chi connectivity index (χ1) is 14.0. The lowest BCUT2D eigenvalue weighted by atomic mass is 9.78. The first kappa shape index (κ1) is 18.2. The summed E-state index contributed by atoms with van der Waals surface area (Å²) in [5.74, 6) is 1.22. The molecule has 0 N–H and O–H groups in total. The number of benzene rings is 1. The smallest absolute Gasteiger partial charge is 0.278 e. The molecule has 0 unspecified atom stereocenters. The number of aromatic nitrogens is 4. The first-order valence-electron chi connectivity index (χ1n) is 10.1. The van der Waals surface area contributed by atoms with Crippen molar-refractivity contribution in [2.24, 2.45) is 5.92 Å². The van der Waals surface area contributed by atoms with E-state index >= 15 is 0 Å². The average molecular weight is 394 g/mol. The van der Waals surface area contributed by atoms with Crippen molar-refractivity contribution in [1.82, 2.24) is 19.9 Å². The van der Waals surface area contributed by atoms with Crippen LogP contribution in [0.3, 0.4) is 0 Å². The first-order valence-corrected chi connectivity index (χ1v) is 10.1. The Labute approximate surface area is 168 Å². The molecule has 7 heteroatoms. The molecule has 0 radical (unpaired) electrons. The van der Waals surface area contributed by atoms with Crippen LogP contribution in [0.15, 0.2) is 34.9 Å². The topological polar surface area (TPSA) is 73.8 Å². The minimum atomic E-state index is -0.623. The molecule has 0 spiro atoms. The van der Waals surface area contributed by atoms with Crippen LogP contribution < -0.4 is 0 Å². The standard InChI is InChI=1S/C22H23FN4O2/c1-13-5-3-4-6-18(13)22(7-8-22)21-24-20(29-26-21)19-11-17(12-23)27(25-19)16-9-15(10-16)14(2)28/h3-6,11,15-16H,7-10,12H2,1-2H3. The van der Waals surface area contributed by atoms with Gasteiger partial charge in [-0.25, -0.2) is 4.39 Å². The van der Waals surface area contributed by atoms with Crippen molar-refractivity contribution < 1.29 is 13.7 Å². The Kier molecular flexibility index (Phi) is 4.15. The van der Waals surface area contributed by atoms with Gasteiger partial charge in [-0.05, 0) is 56.7 Å².